The molecule has 13 heteroatoms. The van der Waals surface area contributed by atoms with Gasteiger partial charge in [-0.25, -0.2) is 19.6 Å². The molecule has 40 heavy (non-hydrogen) atoms. The van der Waals surface area contributed by atoms with Crippen LogP contribution >= 0.6 is 0 Å². The van der Waals surface area contributed by atoms with Gasteiger partial charge in [0.05, 0.1) is 24.1 Å². The number of benzene rings is 1. The Labute approximate surface area is 228 Å². The summed E-state index contributed by atoms with van der Waals surface area (Å²) < 4.78 is 46.0. The summed E-state index contributed by atoms with van der Waals surface area (Å²) in [5.41, 5.74) is 2.59. The van der Waals surface area contributed by atoms with E-state index in [1.54, 1.807) is 44.3 Å². The smallest absolute Gasteiger partial charge is 0.435 e. The fourth-order valence-electron chi connectivity index (χ4n) is 4.19. The first kappa shape index (κ1) is 27.0. The van der Waals surface area contributed by atoms with Crippen LogP contribution in [0.2, 0.25) is 0 Å². The molecule has 2 N–H and O–H groups in total. The number of hydrogen-bond donors (Lipinski definition) is 2. The third kappa shape index (κ3) is 5.72. The Balaban J connectivity index is 1.44. The van der Waals surface area contributed by atoms with Gasteiger partial charge in [0, 0.05) is 30.8 Å². The monoisotopic (exact) mass is 552 g/mol. The van der Waals surface area contributed by atoms with Gasteiger partial charge >= 0.3 is 6.18 Å². The van der Waals surface area contributed by atoms with Gasteiger partial charge in [-0.3, -0.25) is 4.79 Å². The van der Waals surface area contributed by atoms with Crippen molar-refractivity contribution in [2.75, 3.05) is 17.7 Å². The molecule has 1 saturated carbocycles. The molecule has 1 aliphatic rings. The van der Waals surface area contributed by atoms with E-state index in [9.17, 15) is 18.0 Å². The Hall–Kier alpha value is -4.55. The second-order valence-corrected chi connectivity index (χ2v) is 9.38. The number of rotatable bonds is 9. The number of carbonyl (C=O) groups is 1. The summed E-state index contributed by atoms with van der Waals surface area (Å²) >= 11 is 0. The highest BCUT2D eigenvalue weighted by Crippen LogP contribution is 2.43. The van der Waals surface area contributed by atoms with Gasteiger partial charge in [0.1, 0.15) is 12.0 Å². The maximum absolute atomic E-state index is 13.1. The van der Waals surface area contributed by atoms with Gasteiger partial charge in [0.15, 0.2) is 17.3 Å². The van der Waals surface area contributed by atoms with E-state index in [-0.39, 0.29) is 18.2 Å². The highest BCUT2D eigenvalue weighted by molar-refractivity contribution is 5.95. The average molecular weight is 553 g/mol. The van der Waals surface area contributed by atoms with Crippen molar-refractivity contribution in [3.63, 3.8) is 0 Å². The molecule has 4 aromatic rings. The van der Waals surface area contributed by atoms with Crippen LogP contribution in [-0.4, -0.2) is 42.7 Å². The first-order valence-corrected chi connectivity index (χ1v) is 12.7. The lowest BCUT2D eigenvalue weighted by Gasteiger charge is -2.17. The largest absolute Gasteiger partial charge is 0.479 e. The Morgan fingerprint density at radius 2 is 1.93 bits per heavy atom. The highest BCUT2D eigenvalue weighted by Gasteiger charge is 2.34. The SMILES string of the molecule is CCC(=O)Nc1c(NCc2ccc(-n3nc(C(F)(F)F)cc3C)cc2)nc(-c2cncnc2C2CC2)nc1OC. The predicted molar refractivity (Wildman–Crippen MR) is 141 cm³/mol. The first-order chi connectivity index (χ1) is 19.2. The third-order valence-electron chi connectivity index (χ3n) is 6.42. The zero-order valence-electron chi connectivity index (χ0n) is 22.1. The van der Waals surface area contributed by atoms with Gasteiger partial charge in [0.2, 0.25) is 11.8 Å². The summed E-state index contributed by atoms with van der Waals surface area (Å²) in [4.78, 5) is 30.2. The molecule has 0 atom stereocenters. The molecule has 5 rings (SSSR count). The second-order valence-electron chi connectivity index (χ2n) is 9.38. The van der Waals surface area contributed by atoms with Gasteiger partial charge in [-0.15, -0.1) is 0 Å². The van der Waals surface area contributed by atoms with Crippen LogP contribution in [0.15, 0.2) is 42.9 Å². The maximum atomic E-state index is 13.1. The molecule has 1 aliphatic carbocycles. The van der Waals surface area contributed by atoms with Crippen LogP contribution in [0.3, 0.4) is 0 Å². The molecule has 0 bridgehead atoms. The number of nitrogens with zero attached hydrogens (tertiary/aromatic N) is 6. The average Bonchev–Trinajstić information content (AvgIpc) is 3.72. The zero-order chi connectivity index (χ0) is 28.4. The molecule has 0 spiro atoms. The van der Waals surface area contributed by atoms with Crippen molar-refractivity contribution in [1.82, 2.24) is 29.7 Å². The van der Waals surface area contributed by atoms with Crippen LogP contribution in [0.4, 0.5) is 24.7 Å². The van der Waals surface area contributed by atoms with Crippen molar-refractivity contribution in [3.8, 4) is 23.0 Å². The Kier molecular flexibility index (Phi) is 7.37. The summed E-state index contributed by atoms with van der Waals surface area (Å²) in [7, 11) is 1.46. The maximum Gasteiger partial charge on any atom is 0.435 e. The molecule has 3 aromatic heterocycles. The molecule has 10 nitrogen and oxygen atoms in total. The van der Waals surface area contributed by atoms with Crippen molar-refractivity contribution in [2.45, 2.75) is 51.7 Å². The third-order valence-corrected chi connectivity index (χ3v) is 6.42. The molecule has 208 valence electrons. The number of hydrogen-bond acceptors (Lipinski definition) is 8. The van der Waals surface area contributed by atoms with Crippen LogP contribution < -0.4 is 15.4 Å². The van der Waals surface area contributed by atoms with E-state index in [0.29, 0.717) is 46.7 Å². The number of anilines is 2. The zero-order valence-corrected chi connectivity index (χ0v) is 22.1. The lowest BCUT2D eigenvalue weighted by Crippen LogP contribution is -2.15. The minimum absolute atomic E-state index is 0.185. The molecule has 0 saturated heterocycles. The van der Waals surface area contributed by atoms with E-state index < -0.39 is 11.9 Å². The van der Waals surface area contributed by atoms with Crippen molar-refractivity contribution in [1.29, 1.82) is 0 Å². The molecular formula is C27H27F3N8O2. The van der Waals surface area contributed by atoms with Crippen LogP contribution in [0.25, 0.3) is 17.1 Å². The number of methoxy groups -OCH3 is 1. The fraction of sp³-hybridized carbons (Fsp3) is 0.333. The van der Waals surface area contributed by atoms with Crippen LogP contribution in [0.5, 0.6) is 5.88 Å². The van der Waals surface area contributed by atoms with Crippen LogP contribution in [-0.2, 0) is 17.5 Å². The summed E-state index contributed by atoms with van der Waals surface area (Å²) in [5, 5.41) is 9.75. The topological polar surface area (TPSA) is 120 Å². The van der Waals surface area contributed by atoms with Gasteiger partial charge in [-0.05, 0) is 43.5 Å². The number of amides is 1. The summed E-state index contributed by atoms with van der Waals surface area (Å²) in [6.45, 7) is 3.59. The number of ether oxygens (including phenoxy) is 1. The first-order valence-electron chi connectivity index (χ1n) is 12.7. The van der Waals surface area contributed by atoms with E-state index in [2.05, 4.69) is 30.7 Å². The number of nitrogens with one attached hydrogen (secondary N) is 2. The number of alkyl halides is 3. The van der Waals surface area contributed by atoms with E-state index in [1.165, 1.54) is 18.1 Å². The number of halogens is 3. The fourth-order valence-corrected chi connectivity index (χ4v) is 4.19. The van der Waals surface area contributed by atoms with E-state index >= 15 is 0 Å². The van der Waals surface area contributed by atoms with Gasteiger partial charge in [0.25, 0.3) is 0 Å². The second kappa shape index (κ2) is 10.9. The Morgan fingerprint density at radius 1 is 1.18 bits per heavy atom. The molecular weight excluding hydrogens is 525 g/mol. The molecule has 3 heterocycles. The standard InChI is InChI=1S/C27H27F3N8O2/c1-4-21(39)34-23-25(35-24(36-26(23)40-3)19-13-31-14-33-22(19)17-7-8-17)32-12-16-5-9-18(10-6-16)38-15(2)11-20(37-38)27(28,29)30/h5-6,9-11,13-14,17H,4,7-8,12H2,1-3H3,(H,34,39)(H,32,35,36). The number of aryl methyl sites for hydroxylation is 1. The highest BCUT2D eigenvalue weighted by atomic mass is 19.4. The van der Waals surface area contributed by atoms with E-state index in [4.69, 9.17) is 9.72 Å². The van der Waals surface area contributed by atoms with Crippen LogP contribution in [0.1, 0.15) is 54.7 Å². The Morgan fingerprint density at radius 3 is 2.55 bits per heavy atom. The van der Waals surface area contributed by atoms with Crippen LogP contribution in [0, 0.1) is 6.92 Å². The molecule has 1 amide bonds. The van der Waals surface area contributed by atoms with Crippen molar-refractivity contribution >= 4 is 17.4 Å². The van der Waals surface area contributed by atoms with Gasteiger partial charge < -0.3 is 15.4 Å². The predicted octanol–water partition coefficient (Wildman–Crippen LogP) is 5.29. The summed E-state index contributed by atoms with van der Waals surface area (Å²) in [6.07, 6.45) is 0.955. The van der Waals surface area contributed by atoms with E-state index in [1.807, 2.05) is 0 Å². The number of carbonyl (C=O) groups excluding carboxylic acids is 1. The van der Waals surface area contributed by atoms with Gasteiger partial charge in [-0.1, -0.05) is 19.1 Å². The van der Waals surface area contributed by atoms with Crippen molar-refractivity contribution in [2.24, 2.45) is 0 Å². The van der Waals surface area contributed by atoms with Gasteiger partial charge in [-0.2, -0.15) is 23.3 Å². The quantitative estimate of drug-likeness (QED) is 0.287. The lowest BCUT2D eigenvalue weighted by molar-refractivity contribution is -0.141. The van der Waals surface area contributed by atoms with E-state index in [0.717, 1.165) is 30.2 Å². The molecule has 1 aromatic carbocycles. The molecule has 0 aliphatic heterocycles. The Bertz CT molecular complexity index is 1530. The molecule has 0 radical (unpaired) electrons. The van der Waals surface area contributed by atoms with Crippen molar-refractivity contribution in [3.05, 3.63) is 65.5 Å². The minimum Gasteiger partial charge on any atom is -0.479 e. The summed E-state index contributed by atoms with van der Waals surface area (Å²) in [5.74, 6) is 0.978. The molecule has 1 fully saturated rings. The summed E-state index contributed by atoms with van der Waals surface area (Å²) in [6, 6.07) is 7.93. The van der Waals surface area contributed by atoms with Crippen molar-refractivity contribution < 1.29 is 22.7 Å². The molecule has 0 unspecified atom stereocenters. The normalized spacial score (nSPS) is 13.2. The number of aromatic nitrogens is 6. The minimum atomic E-state index is -4.52. The lowest BCUT2D eigenvalue weighted by atomic mass is 10.1.